The van der Waals surface area contributed by atoms with E-state index in [1.807, 2.05) is 13.8 Å². The number of ether oxygens (including phenoxy) is 2. The lowest BCUT2D eigenvalue weighted by atomic mass is 10.0. The first-order valence-electron chi connectivity index (χ1n) is 16.8. The van der Waals surface area contributed by atoms with Crippen molar-refractivity contribution in [2.45, 2.75) is 105 Å². The summed E-state index contributed by atoms with van der Waals surface area (Å²) in [5.41, 5.74) is 3.91. The number of carbonyl (C=O) groups is 5. The minimum absolute atomic E-state index is 0.00201. The molecule has 0 unspecified atom stereocenters. The van der Waals surface area contributed by atoms with Gasteiger partial charge in [-0.15, -0.1) is 0 Å². The lowest BCUT2D eigenvalue weighted by Crippen LogP contribution is -2.56. The smallest absolute Gasteiger partial charge is 0.407 e. The van der Waals surface area contributed by atoms with Crippen LogP contribution in [0.3, 0.4) is 0 Å². The van der Waals surface area contributed by atoms with E-state index < -0.39 is 42.0 Å². The first kappa shape index (κ1) is 42.5. The van der Waals surface area contributed by atoms with Gasteiger partial charge >= 0.3 is 12.1 Å². The maximum atomic E-state index is 13.7. The van der Waals surface area contributed by atoms with Crippen LogP contribution in [0.15, 0.2) is 47.6 Å². The third-order valence-corrected chi connectivity index (χ3v) is 8.79. The van der Waals surface area contributed by atoms with Gasteiger partial charge in [-0.25, -0.2) is 9.59 Å². The molecule has 0 aromatic carbocycles. The molecule has 0 aliphatic carbocycles. The third-order valence-electron chi connectivity index (χ3n) is 7.56. The molecule has 1 saturated heterocycles. The van der Waals surface area contributed by atoms with Crippen molar-refractivity contribution in [3.8, 4) is 0 Å². The Balaban J connectivity index is 2.76. The summed E-state index contributed by atoms with van der Waals surface area (Å²) >= 11 is 1.54. The lowest BCUT2D eigenvalue weighted by molar-refractivity contribution is -0.146. The van der Waals surface area contributed by atoms with Crippen LogP contribution in [0.2, 0.25) is 0 Å². The van der Waals surface area contributed by atoms with Crippen LogP contribution in [0.25, 0.3) is 0 Å². The number of esters is 1. The van der Waals surface area contributed by atoms with E-state index in [9.17, 15) is 24.0 Å². The molecule has 270 valence electrons. The molecule has 1 aliphatic rings. The van der Waals surface area contributed by atoms with Crippen LogP contribution in [-0.4, -0.2) is 91.1 Å². The largest absolute Gasteiger partial charge is 0.467 e. The Morgan fingerprint density at radius 3 is 2.29 bits per heavy atom. The summed E-state index contributed by atoms with van der Waals surface area (Å²) in [5, 5.41) is 7.85. The summed E-state index contributed by atoms with van der Waals surface area (Å²) in [5.74, 6) is -0.829. The number of rotatable bonds is 21. The molecule has 1 heterocycles. The second-order valence-corrected chi connectivity index (χ2v) is 13.8. The number of nitrogens with one attached hydrogen (secondary N) is 3. The van der Waals surface area contributed by atoms with E-state index in [1.165, 1.54) is 46.6 Å². The van der Waals surface area contributed by atoms with Gasteiger partial charge in [0, 0.05) is 18.1 Å². The monoisotopic (exact) mass is 690 g/mol. The minimum atomic E-state index is -0.889. The van der Waals surface area contributed by atoms with E-state index in [2.05, 4.69) is 68.5 Å². The number of hydrogen-bond acceptors (Lipinski definition) is 8. The number of unbranched alkanes of at least 4 members (excludes halogenated alkanes) is 1. The molecule has 3 atom stereocenters. The van der Waals surface area contributed by atoms with Gasteiger partial charge in [0.2, 0.25) is 17.7 Å². The number of methoxy groups -OCH3 is 1. The van der Waals surface area contributed by atoms with Gasteiger partial charge in [-0.1, -0.05) is 61.4 Å². The van der Waals surface area contributed by atoms with Crippen molar-refractivity contribution < 1.29 is 33.4 Å². The van der Waals surface area contributed by atoms with Crippen molar-refractivity contribution in [3.63, 3.8) is 0 Å². The first-order valence-corrected chi connectivity index (χ1v) is 18.0. The molecule has 48 heavy (non-hydrogen) atoms. The number of carbonyl (C=O) groups excluding carboxylic acids is 5. The molecule has 1 aliphatic heterocycles. The number of nitrogens with zero attached hydrogens (tertiary/aromatic N) is 1. The molecule has 0 spiro atoms. The van der Waals surface area contributed by atoms with Gasteiger partial charge in [0.25, 0.3) is 0 Å². The second-order valence-electron chi connectivity index (χ2n) is 12.8. The van der Waals surface area contributed by atoms with Crippen LogP contribution in [0.4, 0.5) is 4.79 Å². The molecular formula is C36H58N4O7S. The molecule has 12 heteroatoms. The van der Waals surface area contributed by atoms with Gasteiger partial charge in [-0.2, -0.15) is 11.8 Å². The average molecular weight is 691 g/mol. The lowest BCUT2D eigenvalue weighted by Gasteiger charge is -2.30. The van der Waals surface area contributed by atoms with E-state index in [-0.39, 0.29) is 25.0 Å². The number of amides is 4. The molecule has 4 amide bonds. The van der Waals surface area contributed by atoms with Gasteiger partial charge in [0.1, 0.15) is 31.3 Å². The predicted molar refractivity (Wildman–Crippen MR) is 192 cm³/mol. The highest BCUT2D eigenvalue weighted by Gasteiger charge is 2.39. The number of thioether (sulfide) groups is 1. The molecule has 0 aromatic rings. The van der Waals surface area contributed by atoms with Crippen LogP contribution < -0.4 is 16.0 Å². The predicted octanol–water partition coefficient (Wildman–Crippen LogP) is 5.23. The summed E-state index contributed by atoms with van der Waals surface area (Å²) < 4.78 is 9.78. The van der Waals surface area contributed by atoms with E-state index in [4.69, 9.17) is 9.47 Å². The Morgan fingerprint density at radius 2 is 1.65 bits per heavy atom. The van der Waals surface area contributed by atoms with Crippen molar-refractivity contribution in [2.75, 3.05) is 38.3 Å². The fourth-order valence-corrected chi connectivity index (χ4v) is 6.12. The van der Waals surface area contributed by atoms with Crippen molar-refractivity contribution in [1.29, 1.82) is 0 Å². The molecule has 0 saturated carbocycles. The summed E-state index contributed by atoms with van der Waals surface area (Å²) in [6, 6.07) is -2.55. The van der Waals surface area contributed by atoms with Gasteiger partial charge in [-0.3, -0.25) is 14.4 Å². The Bertz CT molecular complexity index is 1180. The van der Waals surface area contributed by atoms with Crippen LogP contribution in [0, 0.1) is 5.92 Å². The zero-order chi connectivity index (χ0) is 36.1. The molecule has 11 nitrogen and oxygen atoms in total. The zero-order valence-corrected chi connectivity index (χ0v) is 30.8. The quantitative estimate of drug-likeness (QED) is 0.0845. The number of hydrogen-bond donors (Lipinski definition) is 3. The fourth-order valence-electron chi connectivity index (χ4n) is 5.11. The van der Waals surface area contributed by atoms with Gasteiger partial charge in [-0.05, 0) is 78.6 Å². The summed E-state index contributed by atoms with van der Waals surface area (Å²) in [6.45, 7) is 15.7. The van der Waals surface area contributed by atoms with Crippen molar-refractivity contribution in [3.05, 3.63) is 47.6 Å². The maximum Gasteiger partial charge on any atom is 0.407 e. The van der Waals surface area contributed by atoms with E-state index in [0.717, 1.165) is 25.7 Å². The van der Waals surface area contributed by atoms with Crippen molar-refractivity contribution >= 4 is 41.5 Å². The standard InChI is InChI=1S/C36H58N4O7S/c1-9-20-47-36(45)37-22-32(41)38-29(21-26(4)5)34(43)40-19-13-18-31(40)33(42)39-30(35(44)46-8)24-48-23-28(7)17-12-16-27(6)15-11-10-14-25(2)3/h9,14-15,17,26,29-31H,1,10-13,16,18-24H2,2-8H3,(H,37,45)(H,38,41)(H,39,42)/b27-15+,28-17+/t29-,30-,31-/m0/s1. The molecule has 3 N–H and O–H groups in total. The van der Waals surface area contributed by atoms with Crippen molar-refractivity contribution in [1.82, 2.24) is 20.9 Å². The Labute approximate surface area is 291 Å². The SMILES string of the molecule is C=CCOC(=O)NCC(=O)N[C@@H](CC(C)C)C(=O)N1CCC[C@H]1C(=O)N[C@@H](CSC/C(C)=C/CC/C(C)=C/CCC=C(C)C)C(=O)OC. The highest BCUT2D eigenvalue weighted by atomic mass is 32.2. The zero-order valence-electron chi connectivity index (χ0n) is 30.0. The van der Waals surface area contributed by atoms with E-state index in [0.29, 0.717) is 37.3 Å². The van der Waals surface area contributed by atoms with Gasteiger partial charge < -0.3 is 30.3 Å². The van der Waals surface area contributed by atoms with Crippen LogP contribution in [0.1, 0.15) is 86.5 Å². The van der Waals surface area contributed by atoms with Gasteiger partial charge in [0.05, 0.1) is 7.11 Å². The van der Waals surface area contributed by atoms with Crippen LogP contribution in [0.5, 0.6) is 0 Å². The summed E-state index contributed by atoms with van der Waals surface area (Å²) in [7, 11) is 1.28. The Kier molecular flexibility index (Phi) is 21.0. The average Bonchev–Trinajstić information content (AvgIpc) is 3.53. The van der Waals surface area contributed by atoms with E-state index >= 15 is 0 Å². The fraction of sp³-hybridized carbons (Fsp3) is 0.639. The van der Waals surface area contributed by atoms with Crippen LogP contribution in [-0.2, 0) is 28.7 Å². The summed E-state index contributed by atoms with van der Waals surface area (Å²) in [4.78, 5) is 65.5. The van der Waals surface area contributed by atoms with Crippen molar-refractivity contribution in [2.24, 2.45) is 5.92 Å². The topological polar surface area (TPSA) is 143 Å². The molecule has 0 aromatic heterocycles. The third kappa shape index (κ3) is 17.6. The minimum Gasteiger partial charge on any atom is -0.467 e. The Morgan fingerprint density at radius 1 is 0.958 bits per heavy atom. The number of alkyl carbamates (subject to hydrolysis) is 1. The molecule has 1 rings (SSSR count). The second kappa shape index (κ2) is 23.7. The number of likely N-dealkylation sites (tertiary alicyclic amines) is 1. The Hall–Kier alpha value is -3.54. The highest BCUT2D eigenvalue weighted by molar-refractivity contribution is 7.99. The summed E-state index contributed by atoms with van der Waals surface area (Å²) in [6.07, 6.45) is 12.8. The molecule has 0 bridgehead atoms. The highest BCUT2D eigenvalue weighted by Crippen LogP contribution is 2.21. The van der Waals surface area contributed by atoms with Crippen LogP contribution >= 0.6 is 11.8 Å². The van der Waals surface area contributed by atoms with Gasteiger partial charge in [0.15, 0.2) is 0 Å². The molecule has 0 radical (unpaired) electrons. The molecular weight excluding hydrogens is 632 g/mol. The number of allylic oxidation sites excluding steroid dienone is 5. The van der Waals surface area contributed by atoms with E-state index in [1.54, 1.807) is 0 Å². The molecule has 1 fully saturated rings. The first-order chi connectivity index (χ1) is 22.8. The maximum absolute atomic E-state index is 13.7. The normalized spacial score (nSPS) is 16.1.